The van der Waals surface area contributed by atoms with Gasteiger partial charge in [0.2, 0.25) is 0 Å². The van der Waals surface area contributed by atoms with E-state index in [1.165, 1.54) is 0 Å². The molecule has 0 aromatic carbocycles. The standard InChI is InChI=1S/C20H20N6OS/c1-4-28-26-8-6-18(25-26)23-13(3)19-14-9-16(15-10-21-7-5-12(15)2)22-11-17(14)24-20(19)27/h5-11H,4H2,1-3H3,(H,23,25)(H,24,27)/b19-13-. The highest BCUT2D eigenvalue weighted by molar-refractivity contribution is 7.97. The average Bonchev–Trinajstić information content (AvgIpc) is 3.24. The Kier molecular flexibility index (Phi) is 4.87. The summed E-state index contributed by atoms with van der Waals surface area (Å²) < 4.78 is 1.80. The molecule has 0 bridgehead atoms. The maximum Gasteiger partial charge on any atom is 0.258 e. The molecule has 0 unspecified atom stereocenters. The molecule has 28 heavy (non-hydrogen) atoms. The first-order chi connectivity index (χ1) is 13.6. The number of nitrogens with zero attached hydrogens (tertiary/aromatic N) is 4. The lowest BCUT2D eigenvalue weighted by Gasteiger charge is -2.09. The lowest BCUT2D eigenvalue weighted by atomic mass is 10.0. The maximum atomic E-state index is 12.6. The van der Waals surface area contributed by atoms with E-state index >= 15 is 0 Å². The number of aryl methyl sites for hydroxylation is 1. The number of hydrogen-bond acceptors (Lipinski definition) is 6. The van der Waals surface area contributed by atoms with Crippen molar-refractivity contribution in [3.63, 3.8) is 0 Å². The van der Waals surface area contributed by atoms with Gasteiger partial charge in [-0.25, -0.2) is 4.09 Å². The van der Waals surface area contributed by atoms with Gasteiger partial charge in [0.15, 0.2) is 5.82 Å². The van der Waals surface area contributed by atoms with Crippen molar-refractivity contribution >= 4 is 34.9 Å². The minimum atomic E-state index is -0.149. The monoisotopic (exact) mass is 392 g/mol. The normalized spacial score (nSPS) is 14.6. The van der Waals surface area contributed by atoms with Crippen molar-refractivity contribution in [3.8, 4) is 11.3 Å². The minimum Gasteiger partial charge on any atom is -0.342 e. The summed E-state index contributed by atoms with van der Waals surface area (Å²) in [6.45, 7) is 5.97. The van der Waals surface area contributed by atoms with E-state index in [0.29, 0.717) is 17.1 Å². The molecule has 3 aromatic heterocycles. The summed E-state index contributed by atoms with van der Waals surface area (Å²) in [5.41, 5.74) is 5.68. The van der Waals surface area contributed by atoms with Crippen molar-refractivity contribution in [1.29, 1.82) is 0 Å². The number of anilines is 2. The van der Waals surface area contributed by atoms with Gasteiger partial charge in [-0.15, -0.1) is 5.10 Å². The number of fused-ring (bicyclic) bond motifs is 1. The quantitative estimate of drug-likeness (QED) is 0.640. The highest BCUT2D eigenvalue weighted by Gasteiger charge is 2.27. The van der Waals surface area contributed by atoms with Gasteiger partial charge in [-0.1, -0.05) is 6.92 Å². The van der Waals surface area contributed by atoms with Gasteiger partial charge < -0.3 is 10.6 Å². The number of carbonyl (C=O) groups is 1. The number of pyridine rings is 2. The van der Waals surface area contributed by atoms with Crippen LogP contribution in [0.1, 0.15) is 25.0 Å². The van der Waals surface area contributed by atoms with Crippen LogP contribution in [0.15, 0.2) is 48.7 Å². The number of rotatable bonds is 5. The van der Waals surface area contributed by atoms with Crippen molar-refractivity contribution in [2.24, 2.45) is 0 Å². The van der Waals surface area contributed by atoms with E-state index < -0.39 is 0 Å². The molecule has 0 spiro atoms. The molecule has 0 atom stereocenters. The van der Waals surface area contributed by atoms with Crippen LogP contribution in [-0.4, -0.2) is 30.8 Å². The van der Waals surface area contributed by atoms with Crippen LogP contribution in [0.3, 0.4) is 0 Å². The highest BCUT2D eigenvalue weighted by Crippen LogP contribution is 2.36. The zero-order chi connectivity index (χ0) is 19.7. The van der Waals surface area contributed by atoms with E-state index in [4.69, 9.17) is 0 Å². The van der Waals surface area contributed by atoms with Crippen molar-refractivity contribution in [3.05, 3.63) is 59.8 Å². The van der Waals surface area contributed by atoms with Gasteiger partial charge in [-0.3, -0.25) is 14.8 Å². The fourth-order valence-electron chi connectivity index (χ4n) is 3.15. The third-order valence-electron chi connectivity index (χ3n) is 4.48. The fourth-order valence-corrected chi connectivity index (χ4v) is 3.71. The Morgan fingerprint density at radius 3 is 2.93 bits per heavy atom. The maximum absolute atomic E-state index is 12.6. The van der Waals surface area contributed by atoms with Gasteiger partial charge >= 0.3 is 0 Å². The molecule has 1 aliphatic rings. The Labute approximate surface area is 167 Å². The molecular weight excluding hydrogens is 372 g/mol. The molecule has 0 fully saturated rings. The van der Waals surface area contributed by atoms with Gasteiger partial charge in [0, 0.05) is 47.2 Å². The fraction of sp³-hybridized carbons (Fsp3) is 0.200. The molecule has 0 saturated carbocycles. The van der Waals surface area contributed by atoms with Crippen molar-refractivity contribution in [2.75, 3.05) is 16.4 Å². The van der Waals surface area contributed by atoms with Crippen LogP contribution in [-0.2, 0) is 4.79 Å². The molecule has 0 radical (unpaired) electrons. The summed E-state index contributed by atoms with van der Waals surface area (Å²) in [5.74, 6) is 1.48. The van der Waals surface area contributed by atoms with E-state index in [2.05, 4.69) is 32.6 Å². The van der Waals surface area contributed by atoms with Crippen LogP contribution in [0.2, 0.25) is 0 Å². The van der Waals surface area contributed by atoms with E-state index in [-0.39, 0.29) is 5.91 Å². The molecule has 142 valence electrons. The van der Waals surface area contributed by atoms with Gasteiger partial charge in [-0.05, 0) is 43.5 Å². The average molecular weight is 392 g/mol. The Hall–Kier alpha value is -3.13. The zero-order valence-corrected chi connectivity index (χ0v) is 16.7. The second kappa shape index (κ2) is 7.47. The minimum absolute atomic E-state index is 0.149. The van der Waals surface area contributed by atoms with Crippen LogP contribution >= 0.6 is 11.9 Å². The first kappa shape index (κ1) is 18.2. The summed E-state index contributed by atoms with van der Waals surface area (Å²) in [4.78, 5) is 21.3. The van der Waals surface area contributed by atoms with Crippen molar-refractivity contribution < 1.29 is 4.79 Å². The summed E-state index contributed by atoms with van der Waals surface area (Å²) in [5, 5.41) is 10.6. The van der Waals surface area contributed by atoms with Crippen molar-refractivity contribution in [2.45, 2.75) is 20.8 Å². The predicted molar refractivity (Wildman–Crippen MR) is 113 cm³/mol. The Morgan fingerprint density at radius 1 is 1.29 bits per heavy atom. The third kappa shape index (κ3) is 3.38. The molecule has 4 rings (SSSR count). The van der Waals surface area contributed by atoms with Gasteiger partial charge in [0.05, 0.1) is 23.2 Å². The van der Waals surface area contributed by atoms with Crippen LogP contribution in [0.4, 0.5) is 11.5 Å². The second-order valence-electron chi connectivity index (χ2n) is 6.41. The highest BCUT2D eigenvalue weighted by atomic mass is 32.2. The topological polar surface area (TPSA) is 84.7 Å². The number of aromatic nitrogens is 4. The van der Waals surface area contributed by atoms with Gasteiger partial charge in [-0.2, -0.15) is 0 Å². The van der Waals surface area contributed by atoms with Gasteiger partial charge in [0.25, 0.3) is 5.91 Å². The Bertz CT molecular complexity index is 1090. The molecule has 3 aromatic rings. The first-order valence-electron chi connectivity index (χ1n) is 8.96. The lowest BCUT2D eigenvalue weighted by molar-refractivity contribution is -0.110. The lowest BCUT2D eigenvalue weighted by Crippen LogP contribution is -2.09. The van der Waals surface area contributed by atoms with Crippen LogP contribution in [0, 0.1) is 6.92 Å². The van der Waals surface area contributed by atoms with E-state index in [0.717, 1.165) is 33.8 Å². The second-order valence-corrected chi connectivity index (χ2v) is 7.62. The van der Waals surface area contributed by atoms with E-state index in [1.807, 2.05) is 38.2 Å². The molecule has 0 aliphatic carbocycles. The van der Waals surface area contributed by atoms with Crippen LogP contribution in [0.5, 0.6) is 0 Å². The van der Waals surface area contributed by atoms with Gasteiger partial charge in [0.1, 0.15) is 0 Å². The zero-order valence-electron chi connectivity index (χ0n) is 15.9. The van der Waals surface area contributed by atoms with E-state index in [9.17, 15) is 4.79 Å². The van der Waals surface area contributed by atoms with Crippen molar-refractivity contribution in [1.82, 2.24) is 19.2 Å². The summed E-state index contributed by atoms with van der Waals surface area (Å²) in [7, 11) is 0. The first-order valence-corrected chi connectivity index (χ1v) is 9.90. The summed E-state index contributed by atoms with van der Waals surface area (Å²) >= 11 is 1.60. The number of carbonyl (C=O) groups excluding carboxylic acids is 1. The van der Waals surface area contributed by atoms with Crippen LogP contribution < -0.4 is 10.6 Å². The third-order valence-corrected chi connectivity index (χ3v) is 5.21. The molecule has 1 amide bonds. The number of hydrogen-bond donors (Lipinski definition) is 2. The molecule has 4 heterocycles. The molecule has 8 heteroatoms. The summed E-state index contributed by atoms with van der Waals surface area (Å²) in [6.07, 6.45) is 7.14. The van der Waals surface area contributed by atoms with Crippen LogP contribution in [0.25, 0.3) is 16.8 Å². The molecule has 0 saturated heterocycles. The Balaban J connectivity index is 1.71. The van der Waals surface area contributed by atoms with E-state index in [1.54, 1.807) is 34.6 Å². The Morgan fingerprint density at radius 2 is 2.14 bits per heavy atom. The SMILES string of the molecule is CCSn1ccc(N/C(C)=C2\C(=O)Nc3cnc(-c4cnccc4C)cc32)n1. The summed E-state index contributed by atoms with van der Waals surface area (Å²) in [6, 6.07) is 5.77. The number of nitrogens with one attached hydrogen (secondary N) is 2. The largest absolute Gasteiger partial charge is 0.342 e. The molecule has 7 nitrogen and oxygen atoms in total. The number of allylic oxidation sites excluding steroid dienone is 1. The molecular formula is C20H20N6OS. The predicted octanol–water partition coefficient (Wildman–Crippen LogP) is 3.96. The smallest absolute Gasteiger partial charge is 0.258 e. The molecule has 1 aliphatic heterocycles. The number of amides is 1. The molecule has 2 N–H and O–H groups in total.